The number of hydrogen-bond donors (Lipinski definition) is 1. The van der Waals surface area contributed by atoms with Gasteiger partial charge in [-0.25, -0.2) is 0 Å². The number of para-hydroxylation sites is 1. The van der Waals surface area contributed by atoms with Gasteiger partial charge in [-0.1, -0.05) is 18.2 Å². The number of anilines is 1. The Morgan fingerprint density at radius 1 is 1.18 bits per heavy atom. The fraction of sp³-hybridized carbons (Fsp3) is 0.143. The van der Waals surface area contributed by atoms with Crippen LogP contribution in [0.3, 0.4) is 0 Å². The van der Waals surface area contributed by atoms with Crippen LogP contribution in [-0.4, -0.2) is 38.3 Å². The molecule has 2 rings (SSSR count). The van der Waals surface area contributed by atoms with Crippen LogP contribution in [0.4, 0.5) is 5.69 Å². The Morgan fingerprint density at radius 3 is 2.23 bits per heavy atom. The first-order chi connectivity index (χ1) is 10.4. The molecular weight excluding hydrogens is 306 g/mol. The van der Waals surface area contributed by atoms with Crippen molar-refractivity contribution in [3.05, 3.63) is 60.4 Å². The average Bonchev–Trinajstić information content (AvgIpc) is 2.54. The molecular formula is C14H17N3O4S. The molecule has 7 nitrogen and oxygen atoms in total. The van der Waals surface area contributed by atoms with Crippen LogP contribution in [0.25, 0.3) is 0 Å². The lowest BCUT2D eigenvalue weighted by Crippen LogP contribution is -2.08. The Hall–Kier alpha value is -2.29. The molecule has 1 aromatic heterocycles. The Balaban J connectivity index is 0.000000346. The number of aromatic nitrogens is 1. The minimum Gasteiger partial charge on any atom is -0.269 e. The predicted octanol–water partition coefficient (Wildman–Crippen LogP) is 1.99. The number of rotatable bonds is 4. The highest BCUT2D eigenvalue weighted by atomic mass is 32.3. The van der Waals surface area contributed by atoms with Crippen molar-refractivity contribution in [3.63, 3.8) is 0 Å². The van der Waals surface area contributed by atoms with E-state index in [0.29, 0.717) is 0 Å². The molecule has 0 unspecified atom stereocenters. The van der Waals surface area contributed by atoms with Crippen LogP contribution in [0.5, 0.6) is 0 Å². The number of pyridine rings is 1. The minimum atomic E-state index is -4.16. The van der Waals surface area contributed by atoms with Gasteiger partial charge in [0.1, 0.15) is 0 Å². The van der Waals surface area contributed by atoms with Crippen molar-refractivity contribution in [1.82, 2.24) is 4.98 Å². The van der Waals surface area contributed by atoms with Crippen LogP contribution in [-0.2, 0) is 14.6 Å². The van der Waals surface area contributed by atoms with Gasteiger partial charge >= 0.3 is 10.4 Å². The second kappa shape index (κ2) is 8.88. The highest BCUT2D eigenvalue weighted by molar-refractivity contribution is 7.80. The number of nitrogens with zero attached hydrogens (tertiary/aromatic N) is 3. The van der Waals surface area contributed by atoms with Crippen molar-refractivity contribution in [1.29, 1.82) is 0 Å². The quantitative estimate of drug-likeness (QED) is 0.525. The summed E-state index contributed by atoms with van der Waals surface area (Å²) in [5.74, 6) is 0. The lowest BCUT2D eigenvalue weighted by molar-refractivity contribution is 0.324. The summed E-state index contributed by atoms with van der Waals surface area (Å²) in [5, 5.41) is 6.18. The fourth-order valence-corrected chi connectivity index (χ4v) is 1.31. The Morgan fingerprint density at radius 2 is 1.73 bits per heavy atom. The molecule has 0 saturated carbocycles. The van der Waals surface area contributed by atoms with Crippen LogP contribution < -0.4 is 5.01 Å². The van der Waals surface area contributed by atoms with E-state index in [0.717, 1.165) is 18.4 Å². The molecule has 0 spiro atoms. The van der Waals surface area contributed by atoms with Crippen molar-refractivity contribution in [2.75, 3.05) is 19.2 Å². The van der Waals surface area contributed by atoms with E-state index in [4.69, 9.17) is 4.55 Å². The first kappa shape index (κ1) is 17.8. The Bertz CT molecular complexity index is 676. The third-order valence-corrected chi connectivity index (χ3v) is 2.85. The van der Waals surface area contributed by atoms with E-state index in [1.54, 1.807) is 12.4 Å². The summed E-state index contributed by atoms with van der Waals surface area (Å²) in [6.45, 7) is 0. The fourth-order valence-electron chi connectivity index (χ4n) is 1.31. The van der Waals surface area contributed by atoms with Crippen LogP contribution in [0.2, 0.25) is 0 Å². The third kappa shape index (κ3) is 7.48. The van der Waals surface area contributed by atoms with E-state index < -0.39 is 10.4 Å². The summed E-state index contributed by atoms with van der Waals surface area (Å²) in [5.41, 5.74) is 2.10. The lowest BCUT2D eigenvalue weighted by atomic mass is 10.3. The molecule has 0 fully saturated rings. The third-order valence-electron chi connectivity index (χ3n) is 2.43. The molecule has 0 amide bonds. The molecule has 118 valence electrons. The molecule has 0 aliphatic heterocycles. The molecule has 0 atom stereocenters. The molecule has 0 aliphatic rings. The van der Waals surface area contributed by atoms with E-state index in [1.165, 1.54) is 0 Å². The zero-order valence-electron chi connectivity index (χ0n) is 12.2. The van der Waals surface area contributed by atoms with Gasteiger partial charge in [0.25, 0.3) is 0 Å². The predicted molar refractivity (Wildman–Crippen MR) is 85.2 cm³/mol. The smallest absolute Gasteiger partial charge is 0.269 e. The molecule has 1 aromatic carbocycles. The monoisotopic (exact) mass is 323 g/mol. The molecule has 22 heavy (non-hydrogen) atoms. The van der Waals surface area contributed by atoms with Gasteiger partial charge in [-0.15, -0.1) is 0 Å². The van der Waals surface area contributed by atoms with Gasteiger partial charge in [-0.05, 0) is 29.8 Å². The van der Waals surface area contributed by atoms with Gasteiger partial charge < -0.3 is 0 Å². The van der Waals surface area contributed by atoms with Crippen LogP contribution in [0.15, 0.2) is 60.0 Å². The Labute approximate surface area is 129 Å². The molecule has 0 bridgehead atoms. The second-order valence-corrected chi connectivity index (χ2v) is 5.17. The second-order valence-electron chi connectivity index (χ2n) is 3.98. The van der Waals surface area contributed by atoms with Gasteiger partial charge in [0.15, 0.2) is 0 Å². The number of hydrogen-bond acceptors (Lipinski definition) is 6. The van der Waals surface area contributed by atoms with Gasteiger partial charge in [-0.3, -0.25) is 18.7 Å². The molecule has 2 aromatic rings. The maximum Gasteiger partial charge on any atom is 0.397 e. The largest absolute Gasteiger partial charge is 0.397 e. The average molecular weight is 323 g/mol. The maximum absolute atomic E-state index is 9.33. The molecule has 0 radical (unpaired) electrons. The van der Waals surface area contributed by atoms with Crippen molar-refractivity contribution in [3.8, 4) is 0 Å². The van der Waals surface area contributed by atoms with Crippen molar-refractivity contribution < 1.29 is 17.2 Å². The zero-order valence-corrected chi connectivity index (χ0v) is 13.0. The van der Waals surface area contributed by atoms with Gasteiger partial charge in [0.05, 0.1) is 19.0 Å². The first-order valence-corrected chi connectivity index (χ1v) is 7.54. The van der Waals surface area contributed by atoms with E-state index in [2.05, 4.69) is 14.3 Å². The van der Waals surface area contributed by atoms with Gasteiger partial charge in [-0.2, -0.15) is 13.5 Å². The van der Waals surface area contributed by atoms with Crippen molar-refractivity contribution in [2.45, 2.75) is 0 Å². The summed E-state index contributed by atoms with van der Waals surface area (Å²) in [6, 6.07) is 13.9. The lowest BCUT2D eigenvalue weighted by Gasteiger charge is -2.11. The van der Waals surface area contributed by atoms with Crippen LogP contribution >= 0.6 is 0 Å². The van der Waals surface area contributed by atoms with Crippen molar-refractivity contribution >= 4 is 22.3 Å². The summed E-state index contributed by atoms with van der Waals surface area (Å²) >= 11 is 0. The van der Waals surface area contributed by atoms with Crippen LogP contribution in [0, 0.1) is 0 Å². The summed E-state index contributed by atoms with van der Waals surface area (Å²) in [4.78, 5) is 3.96. The molecule has 8 heteroatoms. The minimum absolute atomic E-state index is 0.870. The van der Waals surface area contributed by atoms with E-state index >= 15 is 0 Å². The van der Waals surface area contributed by atoms with E-state index in [1.807, 2.05) is 60.7 Å². The molecule has 1 N–H and O–H groups in total. The highest BCUT2D eigenvalue weighted by Gasteiger charge is 1.95. The van der Waals surface area contributed by atoms with Gasteiger partial charge in [0, 0.05) is 19.4 Å². The molecule has 0 aliphatic carbocycles. The molecule has 1 heterocycles. The summed E-state index contributed by atoms with van der Waals surface area (Å²) in [6.07, 6.45) is 5.32. The van der Waals surface area contributed by atoms with E-state index in [-0.39, 0.29) is 0 Å². The topological polar surface area (TPSA) is 92.1 Å². The first-order valence-electron chi connectivity index (χ1n) is 6.18. The standard InChI is InChI=1S/C13H13N3.CH4O4S/c1-16(13-5-3-2-4-6-13)15-11-12-7-9-14-10-8-12;1-5-6(2,3)4/h2-11H,1H3;1H3,(H,2,3,4). The summed E-state index contributed by atoms with van der Waals surface area (Å²) in [7, 11) is -1.37. The number of benzene rings is 1. The van der Waals surface area contributed by atoms with E-state index in [9.17, 15) is 8.42 Å². The molecule has 0 saturated heterocycles. The highest BCUT2D eigenvalue weighted by Crippen LogP contribution is 2.10. The Kier molecular flexibility index (Phi) is 7.17. The normalized spacial score (nSPS) is 10.9. The zero-order chi connectivity index (χ0) is 16.4. The number of hydrazone groups is 1. The maximum atomic E-state index is 9.33. The van der Waals surface area contributed by atoms with Crippen molar-refractivity contribution in [2.24, 2.45) is 5.10 Å². The van der Waals surface area contributed by atoms with Crippen LogP contribution in [0.1, 0.15) is 5.56 Å². The SMILES string of the molecule is CN(N=Cc1ccncc1)c1ccccc1.COS(=O)(=O)O. The summed E-state index contributed by atoms with van der Waals surface area (Å²) < 4.78 is 29.7. The van der Waals surface area contributed by atoms with Gasteiger partial charge in [0.2, 0.25) is 0 Å².